The molecule has 8 heteroatoms. The van der Waals surface area contributed by atoms with E-state index in [-0.39, 0.29) is 29.2 Å². The lowest BCUT2D eigenvalue weighted by atomic mass is 9.88. The maximum Gasteiger partial charge on any atom is 0.341 e. The number of anilines is 1. The zero-order chi connectivity index (χ0) is 24.5. The number of carboxylic acids is 1. The van der Waals surface area contributed by atoms with Crippen LogP contribution in [0.5, 0.6) is 0 Å². The van der Waals surface area contributed by atoms with Crippen LogP contribution in [-0.2, 0) is 4.79 Å². The van der Waals surface area contributed by atoms with Gasteiger partial charge < -0.3 is 9.52 Å². The molecule has 0 radical (unpaired) electrons. The molecule has 35 heavy (non-hydrogen) atoms. The van der Waals surface area contributed by atoms with Gasteiger partial charge in [0.2, 0.25) is 5.91 Å². The van der Waals surface area contributed by atoms with Gasteiger partial charge in [-0.15, -0.1) is 5.10 Å². The first-order valence-corrected chi connectivity index (χ1v) is 12.0. The Hall–Kier alpha value is -3.94. The van der Waals surface area contributed by atoms with E-state index in [1.54, 1.807) is 11.1 Å². The van der Waals surface area contributed by atoms with Crippen molar-refractivity contribution in [3.8, 4) is 17.0 Å². The molecular weight excluding hydrogens is 444 g/mol. The molecule has 0 unspecified atom stereocenters. The summed E-state index contributed by atoms with van der Waals surface area (Å²) < 4.78 is 7.41. The van der Waals surface area contributed by atoms with E-state index < -0.39 is 5.97 Å². The van der Waals surface area contributed by atoms with E-state index in [1.165, 1.54) is 10.9 Å². The summed E-state index contributed by atoms with van der Waals surface area (Å²) in [5, 5.41) is 14.5. The highest BCUT2D eigenvalue weighted by molar-refractivity contribution is 6.01. The third-order valence-corrected chi connectivity index (χ3v) is 6.57. The van der Waals surface area contributed by atoms with E-state index in [0.29, 0.717) is 17.0 Å². The molecule has 1 fully saturated rings. The highest BCUT2D eigenvalue weighted by atomic mass is 16.4. The quantitative estimate of drug-likeness (QED) is 0.386. The fourth-order valence-electron chi connectivity index (χ4n) is 4.77. The van der Waals surface area contributed by atoms with Gasteiger partial charge in [0.15, 0.2) is 11.4 Å². The molecule has 0 spiro atoms. The molecule has 5 rings (SSSR count). The summed E-state index contributed by atoms with van der Waals surface area (Å²) in [5.74, 6) is -0.353. The van der Waals surface area contributed by atoms with Gasteiger partial charge in [0.25, 0.3) is 0 Å². The minimum absolute atomic E-state index is 0.00953. The molecule has 3 heterocycles. The fraction of sp³-hybridized carbons (Fsp3) is 0.333. The Bertz CT molecular complexity index is 1330. The Morgan fingerprint density at radius 3 is 2.51 bits per heavy atom. The standard InChI is InChI=1S/C27H28N4O4/c1-17(2)31(26(32)19-7-4-3-5-8-19)25-21(27(33)34)16-30(29-25)20-12-10-18(11-13-20)24-15-22-23(35-24)9-6-14-28-22/h6,9-17,19H,3-5,7-8H2,1-2H3,(H,33,34). The van der Waals surface area contributed by atoms with E-state index in [4.69, 9.17) is 4.42 Å². The van der Waals surface area contributed by atoms with Crippen molar-refractivity contribution in [1.29, 1.82) is 0 Å². The third-order valence-electron chi connectivity index (χ3n) is 6.57. The first-order chi connectivity index (χ1) is 16.9. The maximum absolute atomic E-state index is 13.4. The van der Waals surface area contributed by atoms with Crippen LogP contribution in [0.1, 0.15) is 56.3 Å². The van der Waals surface area contributed by atoms with Crippen molar-refractivity contribution in [2.75, 3.05) is 4.90 Å². The van der Waals surface area contributed by atoms with Crippen LogP contribution in [0.25, 0.3) is 28.1 Å². The van der Waals surface area contributed by atoms with Crippen LogP contribution in [-0.4, -0.2) is 37.8 Å². The van der Waals surface area contributed by atoms with Gasteiger partial charge in [0.1, 0.15) is 16.8 Å². The Balaban J connectivity index is 1.47. The van der Waals surface area contributed by atoms with Crippen molar-refractivity contribution in [3.63, 3.8) is 0 Å². The minimum atomic E-state index is -1.11. The molecule has 1 N–H and O–H groups in total. The summed E-state index contributed by atoms with van der Waals surface area (Å²) >= 11 is 0. The molecule has 3 aromatic heterocycles. The number of rotatable bonds is 6. The Kier molecular flexibility index (Phi) is 6.11. The molecule has 1 amide bonds. The Morgan fingerprint density at radius 2 is 1.86 bits per heavy atom. The lowest BCUT2D eigenvalue weighted by Crippen LogP contribution is -2.42. The second-order valence-corrected chi connectivity index (χ2v) is 9.30. The van der Waals surface area contributed by atoms with Crippen LogP contribution >= 0.6 is 0 Å². The van der Waals surface area contributed by atoms with Crippen molar-refractivity contribution in [2.24, 2.45) is 5.92 Å². The van der Waals surface area contributed by atoms with E-state index in [2.05, 4.69) is 10.1 Å². The summed E-state index contributed by atoms with van der Waals surface area (Å²) in [6, 6.07) is 12.8. The van der Waals surface area contributed by atoms with Crippen LogP contribution in [0.2, 0.25) is 0 Å². The van der Waals surface area contributed by atoms with Gasteiger partial charge in [0.05, 0.1) is 5.69 Å². The number of aromatic nitrogens is 3. The molecule has 1 saturated carbocycles. The van der Waals surface area contributed by atoms with Gasteiger partial charge in [-0.3, -0.25) is 14.7 Å². The minimum Gasteiger partial charge on any atom is -0.477 e. The predicted molar refractivity (Wildman–Crippen MR) is 133 cm³/mol. The second-order valence-electron chi connectivity index (χ2n) is 9.30. The summed E-state index contributed by atoms with van der Waals surface area (Å²) in [5.41, 5.74) is 3.06. The van der Waals surface area contributed by atoms with Crippen molar-refractivity contribution in [1.82, 2.24) is 14.8 Å². The van der Waals surface area contributed by atoms with Gasteiger partial charge in [-0.25, -0.2) is 9.48 Å². The molecule has 4 aromatic rings. The smallest absolute Gasteiger partial charge is 0.341 e. The molecular formula is C27H28N4O4. The number of hydrogen-bond donors (Lipinski definition) is 1. The number of fused-ring (bicyclic) bond motifs is 1. The number of furan rings is 1. The molecule has 180 valence electrons. The van der Waals surface area contributed by atoms with Crippen LogP contribution in [0, 0.1) is 5.92 Å². The number of carboxylic acid groups (broad SMARTS) is 1. The van der Waals surface area contributed by atoms with Crippen molar-refractivity contribution in [3.05, 3.63) is 60.4 Å². The molecule has 0 atom stereocenters. The van der Waals surface area contributed by atoms with E-state index in [1.807, 2.05) is 56.3 Å². The molecule has 8 nitrogen and oxygen atoms in total. The molecule has 1 aliphatic rings. The molecule has 0 aliphatic heterocycles. The molecule has 1 aromatic carbocycles. The number of benzene rings is 1. The summed E-state index contributed by atoms with van der Waals surface area (Å²) in [6.45, 7) is 3.78. The van der Waals surface area contributed by atoms with Crippen LogP contribution in [0.15, 0.2) is 59.3 Å². The van der Waals surface area contributed by atoms with Crippen LogP contribution in [0.4, 0.5) is 5.82 Å². The van der Waals surface area contributed by atoms with Gasteiger partial charge in [0, 0.05) is 36.0 Å². The highest BCUT2D eigenvalue weighted by Gasteiger charge is 2.33. The number of carbonyl (C=O) groups excluding carboxylic acids is 1. The maximum atomic E-state index is 13.4. The predicted octanol–water partition coefficient (Wildman–Crippen LogP) is 5.70. The summed E-state index contributed by atoms with van der Waals surface area (Å²) in [6.07, 6.45) is 8.06. The monoisotopic (exact) mass is 472 g/mol. The number of hydrogen-bond acceptors (Lipinski definition) is 5. The number of nitrogens with zero attached hydrogens (tertiary/aromatic N) is 4. The largest absolute Gasteiger partial charge is 0.477 e. The van der Waals surface area contributed by atoms with Crippen molar-refractivity contribution >= 4 is 28.8 Å². The van der Waals surface area contributed by atoms with Gasteiger partial charge in [-0.1, -0.05) is 19.3 Å². The van der Waals surface area contributed by atoms with Crippen LogP contribution < -0.4 is 4.90 Å². The number of amides is 1. The number of pyridine rings is 1. The normalized spacial score (nSPS) is 14.5. The average Bonchev–Trinajstić information content (AvgIpc) is 3.50. The van der Waals surface area contributed by atoms with E-state index >= 15 is 0 Å². The van der Waals surface area contributed by atoms with Gasteiger partial charge in [-0.2, -0.15) is 0 Å². The number of aromatic carboxylic acids is 1. The SMILES string of the molecule is CC(C)N(C(=O)C1CCCCC1)c1nn(-c2ccc(-c3cc4ncccc4o3)cc2)cc1C(=O)O. The Morgan fingerprint density at radius 1 is 1.11 bits per heavy atom. The first kappa shape index (κ1) is 22.8. The molecule has 1 aliphatic carbocycles. The lowest BCUT2D eigenvalue weighted by Gasteiger charge is -2.31. The van der Waals surface area contributed by atoms with E-state index in [9.17, 15) is 14.7 Å². The second kappa shape index (κ2) is 9.37. The average molecular weight is 473 g/mol. The third kappa shape index (κ3) is 4.43. The molecule has 0 bridgehead atoms. The lowest BCUT2D eigenvalue weighted by molar-refractivity contribution is -0.123. The van der Waals surface area contributed by atoms with Gasteiger partial charge >= 0.3 is 5.97 Å². The summed E-state index contributed by atoms with van der Waals surface area (Å²) in [4.78, 5) is 31.4. The molecule has 0 saturated heterocycles. The highest BCUT2D eigenvalue weighted by Crippen LogP contribution is 2.31. The van der Waals surface area contributed by atoms with Crippen molar-refractivity contribution in [2.45, 2.75) is 52.0 Å². The van der Waals surface area contributed by atoms with Crippen LogP contribution in [0.3, 0.4) is 0 Å². The summed E-state index contributed by atoms with van der Waals surface area (Å²) in [7, 11) is 0. The zero-order valence-electron chi connectivity index (χ0n) is 19.8. The van der Waals surface area contributed by atoms with E-state index in [0.717, 1.165) is 43.2 Å². The zero-order valence-corrected chi connectivity index (χ0v) is 19.8. The Labute approximate surface area is 203 Å². The van der Waals surface area contributed by atoms with Crippen molar-refractivity contribution < 1.29 is 19.1 Å². The topological polar surface area (TPSA) is 101 Å². The van der Waals surface area contributed by atoms with Gasteiger partial charge in [-0.05, 0) is 63.1 Å². The number of carbonyl (C=O) groups is 2. The first-order valence-electron chi connectivity index (χ1n) is 12.0. The fourth-order valence-corrected chi connectivity index (χ4v) is 4.77.